The second-order valence-electron chi connectivity index (χ2n) is 4.62. The number of nitrogens with one attached hydrogen (secondary N) is 1. The van der Waals surface area contributed by atoms with Crippen LogP contribution < -0.4 is 5.32 Å². The number of hydrogen-bond acceptors (Lipinski definition) is 2. The van der Waals surface area contributed by atoms with Crippen LogP contribution in [-0.2, 0) is 6.42 Å². The number of halogens is 1. The molecule has 1 aliphatic heterocycles. The molecule has 2 nitrogen and oxygen atoms in total. The predicted octanol–water partition coefficient (Wildman–Crippen LogP) is 2.44. The Hall–Kier alpha value is -1.09. The Morgan fingerprint density at radius 2 is 2.25 bits per heavy atom. The van der Waals surface area contributed by atoms with Gasteiger partial charge in [-0.25, -0.2) is 4.39 Å². The highest BCUT2D eigenvalue weighted by Crippen LogP contribution is 2.29. The Balaban J connectivity index is 2.31. The number of phenols is 1. The molecule has 1 aliphatic rings. The van der Waals surface area contributed by atoms with Crippen molar-refractivity contribution in [2.75, 3.05) is 6.54 Å². The van der Waals surface area contributed by atoms with E-state index in [4.69, 9.17) is 0 Å². The SMILES string of the molecule is Cc1cc(F)c(C)c(CC2CCCN2)c1O. The van der Waals surface area contributed by atoms with E-state index in [1.54, 1.807) is 13.8 Å². The molecule has 1 heterocycles. The number of benzene rings is 1. The smallest absolute Gasteiger partial charge is 0.126 e. The predicted molar refractivity (Wildman–Crippen MR) is 62.3 cm³/mol. The largest absolute Gasteiger partial charge is 0.507 e. The molecule has 2 N–H and O–H groups in total. The molecule has 0 spiro atoms. The van der Waals surface area contributed by atoms with Gasteiger partial charge in [-0.2, -0.15) is 0 Å². The molecule has 0 aliphatic carbocycles. The molecule has 1 aromatic rings. The zero-order chi connectivity index (χ0) is 11.7. The average molecular weight is 223 g/mol. The van der Waals surface area contributed by atoms with E-state index in [9.17, 15) is 9.50 Å². The Kier molecular flexibility index (Phi) is 3.15. The first kappa shape index (κ1) is 11.4. The van der Waals surface area contributed by atoms with Crippen molar-refractivity contribution in [1.82, 2.24) is 5.32 Å². The molecular weight excluding hydrogens is 205 g/mol. The first-order valence-corrected chi connectivity index (χ1v) is 5.80. The van der Waals surface area contributed by atoms with E-state index in [1.165, 1.54) is 12.5 Å². The van der Waals surface area contributed by atoms with Crippen LogP contribution in [0.3, 0.4) is 0 Å². The summed E-state index contributed by atoms with van der Waals surface area (Å²) in [6.45, 7) is 4.50. The van der Waals surface area contributed by atoms with E-state index in [0.717, 1.165) is 24.9 Å². The van der Waals surface area contributed by atoms with Crippen LogP contribution in [0, 0.1) is 19.7 Å². The minimum Gasteiger partial charge on any atom is -0.507 e. The molecule has 1 aromatic carbocycles. The quantitative estimate of drug-likeness (QED) is 0.807. The first-order valence-electron chi connectivity index (χ1n) is 5.80. The van der Waals surface area contributed by atoms with Crippen molar-refractivity contribution < 1.29 is 9.50 Å². The van der Waals surface area contributed by atoms with Gasteiger partial charge in [-0.15, -0.1) is 0 Å². The molecule has 0 saturated carbocycles. The Bertz CT molecular complexity index is 371. The van der Waals surface area contributed by atoms with E-state index in [-0.39, 0.29) is 11.6 Å². The Morgan fingerprint density at radius 3 is 2.88 bits per heavy atom. The molecule has 3 heteroatoms. The van der Waals surface area contributed by atoms with E-state index in [0.29, 0.717) is 17.2 Å². The summed E-state index contributed by atoms with van der Waals surface area (Å²) in [7, 11) is 0. The van der Waals surface area contributed by atoms with Crippen LogP contribution in [-0.4, -0.2) is 17.7 Å². The van der Waals surface area contributed by atoms with Gasteiger partial charge in [0.25, 0.3) is 0 Å². The van der Waals surface area contributed by atoms with Gasteiger partial charge in [0, 0.05) is 11.6 Å². The Morgan fingerprint density at radius 1 is 1.50 bits per heavy atom. The summed E-state index contributed by atoms with van der Waals surface area (Å²) < 4.78 is 13.6. The van der Waals surface area contributed by atoms with Gasteiger partial charge in [0.15, 0.2) is 0 Å². The van der Waals surface area contributed by atoms with Crippen LogP contribution in [0.25, 0.3) is 0 Å². The highest BCUT2D eigenvalue weighted by molar-refractivity contribution is 5.45. The van der Waals surface area contributed by atoms with E-state index >= 15 is 0 Å². The van der Waals surface area contributed by atoms with Crippen LogP contribution >= 0.6 is 0 Å². The molecule has 0 amide bonds. The average Bonchev–Trinajstić information content (AvgIpc) is 2.74. The molecule has 0 aromatic heterocycles. The van der Waals surface area contributed by atoms with Crippen LogP contribution in [0.5, 0.6) is 5.75 Å². The fourth-order valence-electron chi connectivity index (χ4n) is 2.35. The van der Waals surface area contributed by atoms with Gasteiger partial charge in [-0.1, -0.05) is 0 Å². The van der Waals surface area contributed by atoms with Crippen molar-refractivity contribution in [3.05, 3.63) is 28.6 Å². The van der Waals surface area contributed by atoms with Crippen molar-refractivity contribution >= 4 is 0 Å². The minimum absolute atomic E-state index is 0.219. The van der Waals surface area contributed by atoms with Gasteiger partial charge in [0.05, 0.1) is 0 Å². The number of aromatic hydroxyl groups is 1. The lowest BCUT2D eigenvalue weighted by molar-refractivity contribution is 0.453. The highest BCUT2D eigenvalue weighted by Gasteiger charge is 2.19. The summed E-state index contributed by atoms with van der Waals surface area (Å²) in [6, 6.07) is 1.78. The maximum atomic E-state index is 13.6. The van der Waals surface area contributed by atoms with E-state index in [2.05, 4.69) is 5.32 Å². The molecule has 1 unspecified atom stereocenters. The lowest BCUT2D eigenvalue weighted by atomic mass is 9.96. The maximum Gasteiger partial charge on any atom is 0.126 e. The fraction of sp³-hybridized carbons (Fsp3) is 0.538. The van der Waals surface area contributed by atoms with Crippen molar-refractivity contribution in [2.24, 2.45) is 0 Å². The molecule has 16 heavy (non-hydrogen) atoms. The second kappa shape index (κ2) is 4.42. The molecule has 0 radical (unpaired) electrons. The van der Waals surface area contributed by atoms with Gasteiger partial charge in [0.1, 0.15) is 11.6 Å². The van der Waals surface area contributed by atoms with Gasteiger partial charge in [-0.05, 0) is 56.8 Å². The zero-order valence-corrected chi connectivity index (χ0v) is 9.81. The summed E-state index contributed by atoms with van der Waals surface area (Å²) in [5, 5.41) is 13.3. The maximum absolute atomic E-state index is 13.6. The normalized spacial score (nSPS) is 20.3. The van der Waals surface area contributed by atoms with Gasteiger partial charge in [-0.3, -0.25) is 0 Å². The standard InChI is InChI=1S/C13H18FNO/c1-8-6-12(14)9(2)11(13(8)16)7-10-4-3-5-15-10/h6,10,15-16H,3-5,7H2,1-2H3. The van der Waals surface area contributed by atoms with Crippen LogP contribution in [0.4, 0.5) is 4.39 Å². The number of phenolic OH excluding ortho intramolecular Hbond substituents is 1. The van der Waals surface area contributed by atoms with Crippen molar-refractivity contribution in [3.8, 4) is 5.75 Å². The van der Waals surface area contributed by atoms with Crippen molar-refractivity contribution in [3.63, 3.8) is 0 Å². The van der Waals surface area contributed by atoms with Gasteiger partial charge in [0.2, 0.25) is 0 Å². The number of rotatable bonds is 2. The highest BCUT2D eigenvalue weighted by atomic mass is 19.1. The molecular formula is C13H18FNO. The lowest BCUT2D eigenvalue weighted by Gasteiger charge is -2.16. The molecule has 1 fully saturated rings. The molecule has 88 valence electrons. The third-order valence-corrected chi connectivity index (χ3v) is 3.43. The minimum atomic E-state index is -0.219. The third-order valence-electron chi connectivity index (χ3n) is 3.43. The summed E-state index contributed by atoms with van der Waals surface area (Å²) in [6.07, 6.45) is 2.99. The summed E-state index contributed by atoms with van der Waals surface area (Å²) in [4.78, 5) is 0. The van der Waals surface area contributed by atoms with Crippen LogP contribution in [0.2, 0.25) is 0 Å². The first-order chi connectivity index (χ1) is 7.59. The molecule has 1 atom stereocenters. The van der Waals surface area contributed by atoms with E-state index in [1.807, 2.05) is 0 Å². The number of aryl methyl sites for hydroxylation is 1. The van der Waals surface area contributed by atoms with Gasteiger partial charge >= 0.3 is 0 Å². The van der Waals surface area contributed by atoms with E-state index < -0.39 is 0 Å². The second-order valence-corrected chi connectivity index (χ2v) is 4.62. The van der Waals surface area contributed by atoms with Crippen LogP contribution in [0.1, 0.15) is 29.5 Å². The lowest BCUT2D eigenvalue weighted by Crippen LogP contribution is -2.24. The van der Waals surface area contributed by atoms with Crippen molar-refractivity contribution in [1.29, 1.82) is 0 Å². The topological polar surface area (TPSA) is 32.3 Å². The monoisotopic (exact) mass is 223 g/mol. The summed E-state index contributed by atoms with van der Waals surface area (Å²) in [5.74, 6) is 0.0379. The molecule has 1 saturated heterocycles. The van der Waals surface area contributed by atoms with Crippen LogP contribution in [0.15, 0.2) is 6.07 Å². The van der Waals surface area contributed by atoms with Gasteiger partial charge < -0.3 is 10.4 Å². The number of hydrogen-bond donors (Lipinski definition) is 2. The third kappa shape index (κ3) is 2.05. The molecule has 0 bridgehead atoms. The van der Waals surface area contributed by atoms with Crippen molar-refractivity contribution in [2.45, 2.75) is 39.2 Å². The molecule has 2 rings (SSSR count). The summed E-state index contributed by atoms with van der Waals surface area (Å²) in [5.41, 5.74) is 1.96. The summed E-state index contributed by atoms with van der Waals surface area (Å²) >= 11 is 0. The Labute approximate surface area is 95.5 Å². The fourth-order valence-corrected chi connectivity index (χ4v) is 2.35. The zero-order valence-electron chi connectivity index (χ0n) is 9.81.